The number of aromatic amines is 1. The van der Waals surface area contributed by atoms with Gasteiger partial charge in [-0.3, -0.25) is 4.90 Å². The molecule has 0 aromatic carbocycles. The van der Waals surface area contributed by atoms with E-state index in [9.17, 15) is 0 Å². The monoisotopic (exact) mass is 260 g/mol. The maximum absolute atomic E-state index is 4.34. The molecule has 3 fully saturated rings. The van der Waals surface area contributed by atoms with Crippen LogP contribution in [0.1, 0.15) is 32.1 Å². The van der Waals surface area contributed by atoms with Crippen molar-refractivity contribution in [1.29, 1.82) is 0 Å². The van der Waals surface area contributed by atoms with Gasteiger partial charge in [0.1, 0.15) is 0 Å². The quantitative estimate of drug-likeness (QED) is 0.904. The molecule has 104 valence electrons. The molecule has 2 heterocycles. The van der Waals surface area contributed by atoms with Crippen LogP contribution in [-0.2, 0) is 0 Å². The second kappa shape index (κ2) is 4.51. The van der Waals surface area contributed by atoms with E-state index in [-0.39, 0.29) is 0 Å². The van der Waals surface area contributed by atoms with Crippen molar-refractivity contribution in [3.05, 3.63) is 12.4 Å². The standard InChI is InChI=1S/C15H24N4/c1-2-15(3-1)10-13(11-15)12-18-6-8-19(9-7-18)14-16-4-5-17-14/h4-5,13H,1-3,6-12H2,(H,16,17). The third-order valence-corrected chi connectivity index (χ3v) is 5.53. The second-order valence-electron chi connectivity index (χ2n) is 6.83. The molecule has 3 aliphatic rings. The summed E-state index contributed by atoms with van der Waals surface area (Å²) in [5.41, 5.74) is 0.834. The number of nitrogens with one attached hydrogen (secondary N) is 1. The second-order valence-corrected chi connectivity index (χ2v) is 6.83. The van der Waals surface area contributed by atoms with Crippen LogP contribution in [0.15, 0.2) is 12.4 Å². The Hall–Kier alpha value is -1.03. The van der Waals surface area contributed by atoms with E-state index in [0.29, 0.717) is 0 Å². The third kappa shape index (κ3) is 2.16. The molecule has 0 amide bonds. The van der Waals surface area contributed by atoms with Crippen molar-refractivity contribution < 1.29 is 0 Å². The van der Waals surface area contributed by atoms with E-state index in [1.807, 2.05) is 12.4 Å². The van der Waals surface area contributed by atoms with Crippen LogP contribution in [0.3, 0.4) is 0 Å². The molecule has 0 unspecified atom stereocenters. The number of H-pyrrole nitrogens is 1. The first-order chi connectivity index (χ1) is 9.33. The maximum Gasteiger partial charge on any atom is 0.202 e. The molecule has 4 heteroatoms. The van der Waals surface area contributed by atoms with Gasteiger partial charge >= 0.3 is 0 Å². The van der Waals surface area contributed by atoms with E-state index < -0.39 is 0 Å². The fraction of sp³-hybridized carbons (Fsp3) is 0.800. The lowest BCUT2D eigenvalue weighted by Gasteiger charge is -2.55. The van der Waals surface area contributed by atoms with Gasteiger partial charge in [-0.05, 0) is 37.0 Å². The molecule has 1 aliphatic heterocycles. The highest BCUT2D eigenvalue weighted by atomic mass is 15.3. The minimum Gasteiger partial charge on any atom is -0.340 e. The van der Waals surface area contributed by atoms with Crippen LogP contribution in [0.5, 0.6) is 0 Å². The zero-order valence-corrected chi connectivity index (χ0v) is 11.6. The molecule has 1 aromatic rings. The van der Waals surface area contributed by atoms with Crippen LogP contribution < -0.4 is 4.90 Å². The van der Waals surface area contributed by atoms with Crippen molar-refractivity contribution in [3.63, 3.8) is 0 Å². The number of anilines is 1. The molecule has 1 N–H and O–H groups in total. The summed E-state index contributed by atoms with van der Waals surface area (Å²) >= 11 is 0. The van der Waals surface area contributed by atoms with Crippen LogP contribution in [0.25, 0.3) is 0 Å². The molecule has 0 radical (unpaired) electrons. The van der Waals surface area contributed by atoms with Crippen LogP contribution in [-0.4, -0.2) is 47.6 Å². The van der Waals surface area contributed by atoms with Gasteiger partial charge in [-0.2, -0.15) is 0 Å². The molecule has 2 aliphatic carbocycles. The molecule has 0 bridgehead atoms. The summed E-state index contributed by atoms with van der Waals surface area (Å²) in [6.45, 7) is 5.97. The fourth-order valence-corrected chi connectivity index (χ4v) is 4.32. The lowest BCUT2D eigenvalue weighted by molar-refractivity contribution is -0.0381. The Kier molecular flexibility index (Phi) is 2.79. The van der Waals surface area contributed by atoms with E-state index in [0.717, 1.165) is 30.4 Å². The van der Waals surface area contributed by atoms with Gasteiger partial charge in [0.15, 0.2) is 0 Å². The Balaban J connectivity index is 1.23. The normalized spacial score (nSPS) is 27.3. The lowest BCUT2D eigenvalue weighted by atomic mass is 9.52. The Morgan fingerprint density at radius 3 is 2.58 bits per heavy atom. The molecule has 1 aromatic heterocycles. The minimum absolute atomic E-state index is 0.834. The highest BCUT2D eigenvalue weighted by Crippen LogP contribution is 2.58. The molecule has 19 heavy (non-hydrogen) atoms. The molecular weight excluding hydrogens is 236 g/mol. The lowest BCUT2D eigenvalue weighted by Crippen LogP contribution is -2.52. The summed E-state index contributed by atoms with van der Waals surface area (Å²) in [5.74, 6) is 2.03. The summed E-state index contributed by atoms with van der Waals surface area (Å²) in [4.78, 5) is 12.6. The molecular formula is C15H24N4. The van der Waals surface area contributed by atoms with Gasteiger partial charge in [0.2, 0.25) is 5.95 Å². The number of nitrogens with zero attached hydrogens (tertiary/aromatic N) is 3. The van der Waals surface area contributed by atoms with Gasteiger partial charge in [0.25, 0.3) is 0 Å². The fourth-order valence-electron chi connectivity index (χ4n) is 4.32. The van der Waals surface area contributed by atoms with Gasteiger partial charge in [-0.1, -0.05) is 6.42 Å². The predicted molar refractivity (Wildman–Crippen MR) is 76.2 cm³/mol. The van der Waals surface area contributed by atoms with Crippen LogP contribution in [0.2, 0.25) is 0 Å². The first-order valence-corrected chi connectivity index (χ1v) is 7.80. The predicted octanol–water partition coefficient (Wildman–Crippen LogP) is 2.11. The molecule has 4 rings (SSSR count). The van der Waals surface area contributed by atoms with Crippen molar-refractivity contribution in [1.82, 2.24) is 14.9 Å². The number of hydrogen-bond donors (Lipinski definition) is 1. The van der Waals surface area contributed by atoms with Crippen LogP contribution in [0, 0.1) is 11.3 Å². The highest BCUT2D eigenvalue weighted by molar-refractivity contribution is 5.29. The van der Waals surface area contributed by atoms with Crippen molar-refractivity contribution in [2.45, 2.75) is 32.1 Å². The Morgan fingerprint density at radius 1 is 1.21 bits per heavy atom. The number of hydrogen-bond acceptors (Lipinski definition) is 3. The molecule has 4 nitrogen and oxygen atoms in total. The van der Waals surface area contributed by atoms with Gasteiger partial charge < -0.3 is 9.88 Å². The summed E-state index contributed by atoms with van der Waals surface area (Å²) in [6.07, 6.45) is 11.3. The average Bonchev–Trinajstić information content (AvgIpc) is 2.85. The Bertz CT molecular complexity index is 407. The molecule has 2 saturated carbocycles. The molecule has 0 atom stereocenters. The number of rotatable bonds is 3. The first-order valence-electron chi connectivity index (χ1n) is 7.80. The highest BCUT2D eigenvalue weighted by Gasteiger charge is 2.48. The number of piperazine rings is 1. The van der Waals surface area contributed by atoms with Gasteiger partial charge in [-0.25, -0.2) is 4.98 Å². The van der Waals surface area contributed by atoms with Crippen molar-refractivity contribution >= 4 is 5.95 Å². The van der Waals surface area contributed by atoms with E-state index >= 15 is 0 Å². The number of aromatic nitrogens is 2. The summed E-state index contributed by atoms with van der Waals surface area (Å²) < 4.78 is 0. The van der Waals surface area contributed by atoms with Crippen molar-refractivity contribution in [3.8, 4) is 0 Å². The SMILES string of the molecule is c1c[nH]c(N2CCN(CC3CC4(CCC4)C3)CC2)n1. The summed E-state index contributed by atoms with van der Waals surface area (Å²) in [6, 6.07) is 0. The molecule has 1 spiro atoms. The minimum atomic E-state index is 0.834. The Labute approximate surface area is 115 Å². The smallest absolute Gasteiger partial charge is 0.202 e. The van der Waals surface area contributed by atoms with Gasteiger partial charge in [0, 0.05) is 45.1 Å². The summed E-state index contributed by atoms with van der Waals surface area (Å²) in [7, 11) is 0. The van der Waals surface area contributed by atoms with Gasteiger partial charge in [-0.15, -0.1) is 0 Å². The largest absolute Gasteiger partial charge is 0.340 e. The van der Waals surface area contributed by atoms with Crippen molar-refractivity contribution in [2.75, 3.05) is 37.6 Å². The third-order valence-electron chi connectivity index (χ3n) is 5.53. The summed E-state index contributed by atoms with van der Waals surface area (Å²) in [5, 5.41) is 0. The van der Waals surface area contributed by atoms with Gasteiger partial charge in [0.05, 0.1) is 0 Å². The average molecular weight is 260 g/mol. The topological polar surface area (TPSA) is 35.2 Å². The van der Waals surface area contributed by atoms with E-state index in [1.54, 1.807) is 0 Å². The zero-order valence-electron chi connectivity index (χ0n) is 11.6. The van der Waals surface area contributed by atoms with Crippen molar-refractivity contribution in [2.24, 2.45) is 11.3 Å². The zero-order chi connectivity index (χ0) is 12.7. The van der Waals surface area contributed by atoms with E-state index in [4.69, 9.17) is 0 Å². The van der Waals surface area contributed by atoms with E-state index in [2.05, 4.69) is 19.8 Å². The maximum atomic E-state index is 4.34. The molecule has 1 saturated heterocycles. The van der Waals surface area contributed by atoms with E-state index in [1.165, 1.54) is 51.7 Å². The van der Waals surface area contributed by atoms with Crippen LogP contribution in [0.4, 0.5) is 5.95 Å². The Morgan fingerprint density at radius 2 is 2.00 bits per heavy atom. The number of imidazole rings is 1. The first kappa shape index (κ1) is 11.8. The van der Waals surface area contributed by atoms with Crippen LogP contribution >= 0.6 is 0 Å².